The predicted octanol–water partition coefficient (Wildman–Crippen LogP) is 2.84. The molecule has 1 fully saturated rings. The molecule has 0 radical (unpaired) electrons. The number of aryl methyl sites for hydroxylation is 1. The highest BCUT2D eigenvalue weighted by Gasteiger charge is 2.24. The average molecular weight is 308 g/mol. The Morgan fingerprint density at radius 1 is 1.30 bits per heavy atom. The van der Waals surface area contributed by atoms with Crippen LogP contribution in [0.25, 0.3) is 10.9 Å². The molecule has 3 aromatic rings. The molecule has 23 heavy (non-hydrogen) atoms. The van der Waals surface area contributed by atoms with Crippen LogP contribution in [-0.4, -0.2) is 39.5 Å². The largest absolute Gasteiger partial charge is 0.368 e. The molecule has 5 nitrogen and oxygen atoms in total. The lowest BCUT2D eigenvalue weighted by Gasteiger charge is -2.32. The topological polar surface area (TPSA) is 54.0 Å². The minimum atomic E-state index is 0.0274. The number of ether oxygens (including phenoxy) is 1. The summed E-state index contributed by atoms with van der Waals surface area (Å²) in [6.07, 6.45) is 3.72. The summed E-state index contributed by atoms with van der Waals surface area (Å²) >= 11 is 0. The molecule has 1 aliphatic heterocycles. The van der Waals surface area contributed by atoms with Gasteiger partial charge in [-0.2, -0.15) is 0 Å². The normalized spacial score (nSPS) is 19.3. The van der Waals surface area contributed by atoms with Crippen molar-refractivity contribution in [3.8, 4) is 0 Å². The first-order valence-electron chi connectivity index (χ1n) is 7.97. The van der Waals surface area contributed by atoms with E-state index in [4.69, 9.17) is 4.74 Å². The molecule has 0 amide bonds. The van der Waals surface area contributed by atoms with Crippen LogP contribution in [0.4, 0.5) is 0 Å². The second kappa shape index (κ2) is 6.10. The number of aromatic nitrogens is 3. The first-order chi connectivity index (χ1) is 11.3. The SMILES string of the molecule is Cc1cnc([C@@H]2CN(Cc3ccc4ncccc4c3)CCO2)[nH]1. The maximum absolute atomic E-state index is 5.87. The number of hydrogen-bond donors (Lipinski definition) is 1. The van der Waals surface area contributed by atoms with Crippen molar-refractivity contribution in [1.82, 2.24) is 19.9 Å². The summed E-state index contributed by atoms with van der Waals surface area (Å²) in [6, 6.07) is 10.6. The number of aromatic amines is 1. The number of pyridine rings is 1. The lowest BCUT2D eigenvalue weighted by molar-refractivity contribution is -0.0368. The van der Waals surface area contributed by atoms with E-state index in [9.17, 15) is 0 Å². The van der Waals surface area contributed by atoms with Gasteiger partial charge < -0.3 is 9.72 Å². The summed E-state index contributed by atoms with van der Waals surface area (Å²) < 4.78 is 5.87. The number of fused-ring (bicyclic) bond motifs is 1. The molecule has 1 aliphatic rings. The Kier molecular flexibility index (Phi) is 3.81. The monoisotopic (exact) mass is 308 g/mol. The van der Waals surface area contributed by atoms with Crippen LogP contribution in [0.3, 0.4) is 0 Å². The number of hydrogen-bond acceptors (Lipinski definition) is 4. The van der Waals surface area contributed by atoms with Crippen LogP contribution in [0.5, 0.6) is 0 Å². The number of rotatable bonds is 3. The minimum absolute atomic E-state index is 0.0274. The lowest BCUT2D eigenvalue weighted by atomic mass is 10.1. The van der Waals surface area contributed by atoms with Gasteiger partial charge in [-0.3, -0.25) is 9.88 Å². The van der Waals surface area contributed by atoms with Gasteiger partial charge in [0.05, 0.1) is 12.1 Å². The van der Waals surface area contributed by atoms with Gasteiger partial charge in [0.1, 0.15) is 11.9 Å². The van der Waals surface area contributed by atoms with Gasteiger partial charge >= 0.3 is 0 Å². The number of H-pyrrole nitrogens is 1. The van der Waals surface area contributed by atoms with Crippen LogP contribution < -0.4 is 0 Å². The molecule has 4 rings (SSSR count). The highest BCUT2D eigenvalue weighted by molar-refractivity contribution is 5.78. The first-order valence-corrected chi connectivity index (χ1v) is 7.97. The van der Waals surface area contributed by atoms with Gasteiger partial charge in [0.2, 0.25) is 0 Å². The van der Waals surface area contributed by atoms with Crippen LogP contribution >= 0.6 is 0 Å². The van der Waals surface area contributed by atoms with Crippen molar-refractivity contribution in [2.45, 2.75) is 19.6 Å². The Morgan fingerprint density at radius 3 is 3.13 bits per heavy atom. The maximum atomic E-state index is 5.87. The van der Waals surface area contributed by atoms with Crippen LogP contribution in [0.15, 0.2) is 42.7 Å². The van der Waals surface area contributed by atoms with Crippen LogP contribution in [0.1, 0.15) is 23.2 Å². The Morgan fingerprint density at radius 2 is 2.26 bits per heavy atom. The van der Waals surface area contributed by atoms with Crippen molar-refractivity contribution >= 4 is 10.9 Å². The summed E-state index contributed by atoms with van der Waals surface area (Å²) in [5.41, 5.74) is 3.42. The summed E-state index contributed by atoms with van der Waals surface area (Å²) in [5, 5.41) is 1.19. The fourth-order valence-electron chi connectivity index (χ4n) is 3.09. The van der Waals surface area contributed by atoms with Crippen LogP contribution in [0.2, 0.25) is 0 Å². The Hall–Kier alpha value is -2.24. The van der Waals surface area contributed by atoms with E-state index in [0.29, 0.717) is 0 Å². The van der Waals surface area contributed by atoms with Gasteiger partial charge in [-0.25, -0.2) is 4.98 Å². The molecule has 1 saturated heterocycles. The number of nitrogens with zero attached hydrogens (tertiary/aromatic N) is 3. The quantitative estimate of drug-likeness (QED) is 0.808. The smallest absolute Gasteiger partial charge is 0.136 e. The van der Waals surface area contributed by atoms with Crippen molar-refractivity contribution in [2.75, 3.05) is 19.7 Å². The second-order valence-electron chi connectivity index (χ2n) is 6.08. The van der Waals surface area contributed by atoms with Gasteiger partial charge in [0.25, 0.3) is 0 Å². The average Bonchev–Trinajstić information content (AvgIpc) is 3.02. The van der Waals surface area contributed by atoms with Crippen molar-refractivity contribution in [3.05, 3.63) is 59.8 Å². The van der Waals surface area contributed by atoms with E-state index in [0.717, 1.165) is 43.3 Å². The molecule has 0 saturated carbocycles. The van der Waals surface area contributed by atoms with Crippen LogP contribution in [0, 0.1) is 6.92 Å². The number of nitrogens with one attached hydrogen (secondary N) is 1. The number of imidazole rings is 1. The van der Waals surface area contributed by atoms with E-state index < -0.39 is 0 Å². The summed E-state index contributed by atoms with van der Waals surface area (Å²) in [4.78, 5) is 14.5. The highest BCUT2D eigenvalue weighted by atomic mass is 16.5. The van der Waals surface area contributed by atoms with E-state index >= 15 is 0 Å². The fraction of sp³-hybridized carbons (Fsp3) is 0.333. The molecule has 0 aliphatic carbocycles. The van der Waals surface area contributed by atoms with E-state index in [-0.39, 0.29) is 6.10 Å². The summed E-state index contributed by atoms with van der Waals surface area (Å²) in [7, 11) is 0. The molecule has 1 N–H and O–H groups in total. The maximum Gasteiger partial charge on any atom is 0.136 e. The Bertz CT molecular complexity index is 813. The first kappa shape index (κ1) is 14.4. The molecule has 5 heteroatoms. The standard InChI is InChI=1S/C18H20N4O/c1-13-10-20-18(21-13)17-12-22(7-8-23-17)11-14-4-5-16-15(9-14)3-2-6-19-16/h2-6,9-10,17H,7-8,11-12H2,1H3,(H,20,21)/t17-/m0/s1. The van der Waals surface area contributed by atoms with Gasteiger partial charge in [-0.05, 0) is 30.7 Å². The molecular formula is C18H20N4O. The molecule has 1 atom stereocenters. The van der Waals surface area contributed by atoms with Gasteiger partial charge in [0.15, 0.2) is 0 Å². The zero-order valence-corrected chi connectivity index (χ0v) is 13.2. The predicted molar refractivity (Wildman–Crippen MR) is 89.0 cm³/mol. The van der Waals surface area contributed by atoms with E-state index in [1.807, 2.05) is 25.4 Å². The molecule has 3 heterocycles. The van der Waals surface area contributed by atoms with E-state index in [2.05, 4.69) is 44.1 Å². The zero-order chi connectivity index (χ0) is 15.6. The molecule has 0 unspecified atom stereocenters. The lowest BCUT2D eigenvalue weighted by Crippen LogP contribution is -2.38. The van der Waals surface area contributed by atoms with E-state index in [1.54, 1.807) is 0 Å². The second-order valence-corrected chi connectivity index (χ2v) is 6.08. The minimum Gasteiger partial charge on any atom is -0.368 e. The Balaban J connectivity index is 1.48. The summed E-state index contributed by atoms with van der Waals surface area (Å²) in [6.45, 7) is 5.48. The van der Waals surface area contributed by atoms with Gasteiger partial charge in [-0.1, -0.05) is 12.1 Å². The molecule has 118 valence electrons. The van der Waals surface area contributed by atoms with Crippen molar-refractivity contribution in [2.24, 2.45) is 0 Å². The third kappa shape index (κ3) is 3.11. The van der Waals surface area contributed by atoms with Gasteiger partial charge in [-0.15, -0.1) is 0 Å². The fourth-order valence-corrected chi connectivity index (χ4v) is 3.09. The van der Waals surface area contributed by atoms with Crippen molar-refractivity contribution in [3.63, 3.8) is 0 Å². The molecule has 0 bridgehead atoms. The summed E-state index contributed by atoms with van der Waals surface area (Å²) in [5.74, 6) is 0.926. The molecule has 0 spiro atoms. The highest BCUT2D eigenvalue weighted by Crippen LogP contribution is 2.22. The molecule has 1 aromatic carbocycles. The number of morpholine rings is 1. The Labute approximate surface area is 135 Å². The molecule has 2 aromatic heterocycles. The molecular weight excluding hydrogens is 288 g/mol. The van der Waals surface area contributed by atoms with E-state index in [1.165, 1.54) is 10.9 Å². The van der Waals surface area contributed by atoms with Crippen LogP contribution in [-0.2, 0) is 11.3 Å². The van der Waals surface area contributed by atoms with Gasteiger partial charge in [0, 0.05) is 43.1 Å². The van der Waals surface area contributed by atoms with Crippen molar-refractivity contribution < 1.29 is 4.74 Å². The van der Waals surface area contributed by atoms with Crippen molar-refractivity contribution in [1.29, 1.82) is 0 Å². The third-order valence-corrected chi connectivity index (χ3v) is 4.25. The third-order valence-electron chi connectivity index (χ3n) is 4.25. The zero-order valence-electron chi connectivity index (χ0n) is 13.2. The number of benzene rings is 1.